The molecule has 0 saturated carbocycles. The number of amides is 2. The Labute approximate surface area is 203 Å². The number of pyridine rings is 1. The zero-order chi connectivity index (χ0) is 23.8. The summed E-state index contributed by atoms with van der Waals surface area (Å²) in [7, 11) is 0. The van der Waals surface area contributed by atoms with Crippen molar-refractivity contribution in [3.63, 3.8) is 0 Å². The minimum Gasteiger partial charge on any atom is -0.489 e. The lowest BCUT2D eigenvalue weighted by atomic mass is 10.1. The van der Waals surface area contributed by atoms with E-state index in [9.17, 15) is 9.59 Å². The Morgan fingerprint density at radius 3 is 2.40 bits per heavy atom. The van der Waals surface area contributed by atoms with Crippen LogP contribution in [0.4, 0.5) is 5.82 Å². The first kappa shape index (κ1) is 21.5. The van der Waals surface area contributed by atoms with E-state index in [1.54, 1.807) is 30.5 Å². The third-order valence-corrected chi connectivity index (χ3v) is 6.73. The van der Waals surface area contributed by atoms with Gasteiger partial charge in [0.25, 0.3) is 11.8 Å². The fraction of sp³-hybridized carbons (Fsp3) is 0.207. The molecule has 6 nitrogen and oxygen atoms in total. The summed E-state index contributed by atoms with van der Waals surface area (Å²) < 4.78 is 6.38. The number of aromatic nitrogens is 1. The third kappa shape index (κ3) is 4.06. The number of fused-ring (bicyclic) bond motifs is 2. The van der Waals surface area contributed by atoms with Crippen molar-refractivity contribution in [3.8, 4) is 5.75 Å². The molecule has 0 bridgehead atoms. The van der Waals surface area contributed by atoms with E-state index in [1.807, 2.05) is 30.3 Å². The molecular weight excluding hydrogens is 438 g/mol. The van der Waals surface area contributed by atoms with E-state index < -0.39 is 0 Å². The highest BCUT2D eigenvalue weighted by molar-refractivity contribution is 6.35. The second-order valence-electron chi connectivity index (χ2n) is 9.11. The van der Waals surface area contributed by atoms with E-state index >= 15 is 0 Å². The first-order chi connectivity index (χ1) is 17.2. The monoisotopic (exact) mass is 463 g/mol. The first-order valence-corrected chi connectivity index (χ1v) is 12.0. The molecule has 3 heterocycles. The molecule has 1 atom stereocenters. The molecule has 1 fully saturated rings. The normalized spacial score (nSPS) is 18.2. The first-order valence-electron chi connectivity index (χ1n) is 12.0. The molecule has 1 aromatic heterocycles. The largest absolute Gasteiger partial charge is 0.489 e. The zero-order valence-corrected chi connectivity index (χ0v) is 19.3. The fourth-order valence-electron chi connectivity index (χ4n) is 5.06. The van der Waals surface area contributed by atoms with Crippen LogP contribution < -0.4 is 9.64 Å². The SMILES string of the molecule is O=C1c2ccccc2C(=O)N1c1nccc2cc(OC3CCCN(Cc4ccccc4)C3)ccc12. The molecule has 1 unspecified atom stereocenters. The van der Waals surface area contributed by atoms with Crippen LogP contribution in [0.25, 0.3) is 10.8 Å². The van der Waals surface area contributed by atoms with Gasteiger partial charge in [-0.2, -0.15) is 0 Å². The van der Waals surface area contributed by atoms with E-state index in [1.165, 1.54) is 10.5 Å². The van der Waals surface area contributed by atoms with E-state index in [0.717, 1.165) is 49.0 Å². The van der Waals surface area contributed by atoms with Gasteiger partial charge in [0.1, 0.15) is 11.9 Å². The van der Waals surface area contributed by atoms with Gasteiger partial charge in [0.2, 0.25) is 0 Å². The van der Waals surface area contributed by atoms with Gasteiger partial charge in [0, 0.05) is 24.7 Å². The lowest BCUT2D eigenvalue weighted by molar-refractivity contribution is 0.0844. The van der Waals surface area contributed by atoms with Crippen molar-refractivity contribution in [1.82, 2.24) is 9.88 Å². The summed E-state index contributed by atoms with van der Waals surface area (Å²) in [6.45, 7) is 2.87. The van der Waals surface area contributed by atoms with E-state index in [2.05, 4.69) is 34.1 Å². The molecule has 2 aliphatic heterocycles. The number of hydrogen-bond donors (Lipinski definition) is 0. The van der Waals surface area contributed by atoms with Crippen LogP contribution >= 0.6 is 0 Å². The summed E-state index contributed by atoms with van der Waals surface area (Å²) in [6.07, 6.45) is 3.86. The molecule has 0 spiro atoms. The van der Waals surface area contributed by atoms with Crippen molar-refractivity contribution in [2.45, 2.75) is 25.5 Å². The predicted octanol–water partition coefficient (Wildman–Crippen LogP) is 5.08. The maximum atomic E-state index is 13.0. The van der Waals surface area contributed by atoms with Crippen molar-refractivity contribution >= 4 is 28.4 Å². The number of nitrogens with zero attached hydrogens (tertiary/aromatic N) is 3. The molecule has 0 N–H and O–H groups in total. The maximum absolute atomic E-state index is 13.0. The highest BCUT2D eigenvalue weighted by Crippen LogP contribution is 2.33. The molecule has 35 heavy (non-hydrogen) atoms. The van der Waals surface area contributed by atoms with Gasteiger partial charge in [0.05, 0.1) is 11.1 Å². The minimum atomic E-state index is -0.341. The summed E-state index contributed by atoms with van der Waals surface area (Å²) in [5.41, 5.74) is 2.13. The van der Waals surface area contributed by atoms with Gasteiger partial charge in [-0.25, -0.2) is 9.88 Å². The summed E-state index contributed by atoms with van der Waals surface area (Å²) in [5, 5.41) is 1.62. The molecule has 2 aliphatic rings. The molecular formula is C29H25N3O3. The Kier molecular flexibility index (Phi) is 5.51. The van der Waals surface area contributed by atoms with Crippen molar-refractivity contribution in [2.75, 3.05) is 18.0 Å². The highest BCUT2D eigenvalue weighted by Gasteiger charge is 2.37. The van der Waals surface area contributed by atoms with Gasteiger partial charge in [-0.1, -0.05) is 42.5 Å². The average molecular weight is 464 g/mol. The molecule has 1 saturated heterocycles. The predicted molar refractivity (Wildman–Crippen MR) is 135 cm³/mol. The van der Waals surface area contributed by atoms with Crippen molar-refractivity contribution in [1.29, 1.82) is 0 Å². The van der Waals surface area contributed by atoms with Gasteiger partial charge >= 0.3 is 0 Å². The molecule has 174 valence electrons. The Bertz CT molecular complexity index is 1380. The molecule has 0 aliphatic carbocycles. The second kappa shape index (κ2) is 8.96. The lowest BCUT2D eigenvalue weighted by Gasteiger charge is -2.33. The van der Waals surface area contributed by atoms with Crippen LogP contribution in [0.3, 0.4) is 0 Å². The van der Waals surface area contributed by atoms with Crippen LogP contribution in [0, 0.1) is 0 Å². The molecule has 0 radical (unpaired) electrons. The minimum absolute atomic E-state index is 0.113. The molecule has 4 aromatic rings. The average Bonchev–Trinajstić information content (AvgIpc) is 3.14. The van der Waals surface area contributed by atoms with Crippen LogP contribution in [-0.4, -0.2) is 40.9 Å². The Hall–Kier alpha value is -4.03. The smallest absolute Gasteiger partial charge is 0.267 e. The second-order valence-corrected chi connectivity index (χ2v) is 9.11. The molecule has 6 rings (SSSR count). The Balaban J connectivity index is 1.22. The van der Waals surface area contributed by atoms with Crippen LogP contribution in [0.15, 0.2) is 85.1 Å². The number of likely N-dealkylation sites (tertiary alicyclic amines) is 1. The van der Waals surface area contributed by atoms with Gasteiger partial charge in [-0.3, -0.25) is 14.5 Å². The summed E-state index contributed by atoms with van der Waals surface area (Å²) >= 11 is 0. The topological polar surface area (TPSA) is 62.7 Å². The number of carbonyl (C=O) groups excluding carboxylic acids is 2. The van der Waals surface area contributed by atoms with Gasteiger partial charge < -0.3 is 4.74 Å². The van der Waals surface area contributed by atoms with E-state index in [4.69, 9.17) is 4.74 Å². The number of imide groups is 1. The van der Waals surface area contributed by atoms with Crippen LogP contribution in [0.2, 0.25) is 0 Å². The number of hydrogen-bond acceptors (Lipinski definition) is 5. The Morgan fingerprint density at radius 2 is 1.63 bits per heavy atom. The third-order valence-electron chi connectivity index (χ3n) is 6.73. The summed E-state index contributed by atoms with van der Waals surface area (Å²) in [4.78, 5) is 34.0. The quantitative estimate of drug-likeness (QED) is 0.386. The lowest BCUT2D eigenvalue weighted by Crippen LogP contribution is -2.40. The van der Waals surface area contributed by atoms with Gasteiger partial charge in [-0.05, 0) is 66.7 Å². The van der Waals surface area contributed by atoms with Crippen molar-refractivity contribution in [2.24, 2.45) is 0 Å². The number of carbonyl (C=O) groups is 2. The molecule has 6 heteroatoms. The number of ether oxygens (including phenoxy) is 1. The number of anilines is 1. The Morgan fingerprint density at radius 1 is 0.886 bits per heavy atom. The fourth-order valence-corrected chi connectivity index (χ4v) is 5.06. The number of rotatable bonds is 5. The standard InChI is InChI=1S/C29H25N3O3/c33-28-25-10-4-5-11-26(25)29(34)32(28)27-24-13-12-22(17-21(24)14-15-30-27)35-23-9-6-16-31(19-23)18-20-7-2-1-3-8-20/h1-5,7-8,10-15,17,23H,6,9,16,18-19H2. The van der Waals surface area contributed by atoms with E-state index in [0.29, 0.717) is 16.9 Å². The molecule has 2 amide bonds. The summed E-state index contributed by atoms with van der Waals surface area (Å²) in [5.74, 6) is 0.453. The van der Waals surface area contributed by atoms with Crippen molar-refractivity contribution < 1.29 is 14.3 Å². The highest BCUT2D eigenvalue weighted by atomic mass is 16.5. The summed E-state index contributed by atoms with van der Waals surface area (Å²) in [6, 6.07) is 25.0. The van der Waals surface area contributed by atoms with E-state index in [-0.39, 0.29) is 17.9 Å². The van der Waals surface area contributed by atoms with Crippen LogP contribution in [0.1, 0.15) is 39.1 Å². The zero-order valence-electron chi connectivity index (χ0n) is 19.3. The number of piperidine rings is 1. The van der Waals surface area contributed by atoms with Crippen molar-refractivity contribution in [3.05, 3.63) is 102 Å². The van der Waals surface area contributed by atoms with Gasteiger partial charge in [0.15, 0.2) is 5.82 Å². The van der Waals surface area contributed by atoms with Crippen LogP contribution in [-0.2, 0) is 6.54 Å². The number of benzene rings is 3. The molecule has 3 aromatic carbocycles. The maximum Gasteiger partial charge on any atom is 0.267 e. The van der Waals surface area contributed by atoms with Crippen LogP contribution in [0.5, 0.6) is 5.75 Å². The van der Waals surface area contributed by atoms with Gasteiger partial charge in [-0.15, -0.1) is 0 Å².